The number of nitrogens with zero attached hydrogens (tertiary/aromatic N) is 2. The van der Waals surface area contributed by atoms with Gasteiger partial charge in [0.1, 0.15) is 5.82 Å². The van der Waals surface area contributed by atoms with Crippen LogP contribution in [0.2, 0.25) is 0 Å². The predicted molar refractivity (Wildman–Crippen MR) is 110 cm³/mol. The number of thioether (sulfide) groups is 1. The number of aromatic nitrogens is 2. The first kappa shape index (κ1) is 19.8. The Balaban J connectivity index is 1.69. The average molecular weight is 397 g/mol. The van der Waals surface area contributed by atoms with E-state index in [0.29, 0.717) is 16.9 Å². The zero-order valence-corrected chi connectivity index (χ0v) is 16.4. The molecule has 1 N–H and O–H groups in total. The summed E-state index contributed by atoms with van der Waals surface area (Å²) in [6.07, 6.45) is 3.87. The highest BCUT2D eigenvalue weighted by atomic mass is 32.2. The van der Waals surface area contributed by atoms with Crippen LogP contribution < -0.4 is 10.9 Å². The van der Waals surface area contributed by atoms with Gasteiger partial charge in [0, 0.05) is 18.1 Å². The van der Waals surface area contributed by atoms with Crippen LogP contribution in [-0.2, 0) is 11.2 Å². The van der Waals surface area contributed by atoms with Crippen LogP contribution >= 0.6 is 11.8 Å². The number of carbonyl (C=O) groups excluding carboxylic acids is 1. The van der Waals surface area contributed by atoms with Crippen molar-refractivity contribution in [1.29, 1.82) is 0 Å². The monoisotopic (exact) mass is 397 g/mol. The maximum Gasteiger partial charge on any atom is 0.287 e. The molecule has 0 bridgehead atoms. The van der Waals surface area contributed by atoms with Gasteiger partial charge in [-0.15, -0.1) is 0 Å². The number of benzene rings is 2. The Hall–Kier alpha value is -2.93. The average Bonchev–Trinajstić information content (AvgIpc) is 2.70. The molecule has 0 spiro atoms. The molecular weight excluding hydrogens is 377 g/mol. The maximum absolute atomic E-state index is 13.8. The molecular formula is C21H20FN3O2S. The summed E-state index contributed by atoms with van der Waals surface area (Å²) in [7, 11) is 0. The zero-order valence-electron chi connectivity index (χ0n) is 15.6. The van der Waals surface area contributed by atoms with E-state index < -0.39 is 5.56 Å². The summed E-state index contributed by atoms with van der Waals surface area (Å²) < 4.78 is 15.1. The molecule has 0 unspecified atom stereocenters. The number of nitrogens with one attached hydrogen (secondary N) is 1. The van der Waals surface area contributed by atoms with E-state index in [1.807, 2.05) is 24.3 Å². The fraction of sp³-hybridized carbons (Fsp3) is 0.190. The molecule has 0 aliphatic rings. The molecule has 2 aromatic carbocycles. The molecule has 0 fully saturated rings. The second kappa shape index (κ2) is 8.84. The van der Waals surface area contributed by atoms with Crippen LogP contribution in [0.3, 0.4) is 0 Å². The third-order valence-corrected chi connectivity index (χ3v) is 5.19. The second-order valence-electron chi connectivity index (χ2n) is 6.23. The summed E-state index contributed by atoms with van der Waals surface area (Å²) in [4.78, 5) is 28.9. The summed E-state index contributed by atoms with van der Waals surface area (Å²) in [5, 5.41) is 2.98. The number of aryl methyl sites for hydroxylation is 2. The molecule has 1 heterocycles. The smallest absolute Gasteiger partial charge is 0.287 e. The van der Waals surface area contributed by atoms with Crippen molar-refractivity contribution in [3.8, 4) is 5.69 Å². The fourth-order valence-electron chi connectivity index (χ4n) is 2.58. The Morgan fingerprint density at radius 2 is 1.96 bits per heavy atom. The normalized spacial score (nSPS) is 10.7. The molecule has 28 heavy (non-hydrogen) atoms. The summed E-state index contributed by atoms with van der Waals surface area (Å²) in [5.41, 5.74) is 2.42. The first-order chi connectivity index (χ1) is 13.5. The van der Waals surface area contributed by atoms with E-state index >= 15 is 0 Å². The Morgan fingerprint density at radius 1 is 1.21 bits per heavy atom. The summed E-state index contributed by atoms with van der Waals surface area (Å²) in [5.74, 6) is -0.569. The minimum atomic E-state index is -0.393. The van der Waals surface area contributed by atoms with Crippen molar-refractivity contribution in [2.45, 2.75) is 25.3 Å². The fourth-order valence-corrected chi connectivity index (χ4v) is 3.28. The van der Waals surface area contributed by atoms with Crippen LogP contribution in [0.1, 0.15) is 18.1 Å². The molecule has 0 saturated carbocycles. The lowest BCUT2D eigenvalue weighted by atomic mass is 10.1. The summed E-state index contributed by atoms with van der Waals surface area (Å²) >= 11 is 1.05. The topological polar surface area (TPSA) is 64.0 Å². The van der Waals surface area contributed by atoms with Gasteiger partial charge in [-0.2, -0.15) is 0 Å². The standard InChI is InChI=1S/C21H20FN3O2S/c1-3-15-5-7-16(8-6-15)24-19(26)13-28-20-21(27)25(11-10-23-20)17-9-4-14(2)18(22)12-17/h4-12H,3,13H2,1-2H3,(H,24,26). The van der Waals surface area contributed by atoms with Crippen LogP contribution in [0.15, 0.2) is 64.7 Å². The van der Waals surface area contributed by atoms with E-state index in [9.17, 15) is 14.0 Å². The third kappa shape index (κ3) is 4.67. The third-order valence-electron chi connectivity index (χ3n) is 4.23. The maximum atomic E-state index is 13.8. The molecule has 0 saturated heterocycles. The van der Waals surface area contributed by atoms with Gasteiger partial charge in [0.05, 0.1) is 11.4 Å². The Labute approximate surface area is 166 Å². The molecule has 0 aliphatic carbocycles. The van der Waals surface area contributed by atoms with Crippen LogP contribution in [0.25, 0.3) is 5.69 Å². The molecule has 5 nitrogen and oxygen atoms in total. The van der Waals surface area contributed by atoms with Crippen LogP contribution in [0, 0.1) is 12.7 Å². The van der Waals surface area contributed by atoms with Crippen LogP contribution in [-0.4, -0.2) is 21.2 Å². The molecule has 1 amide bonds. The van der Waals surface area contributed by atoms with Crippen LogP contribution in [0.5, 0.6) is 0 Å². The highest BCUT2D eigenvalue weighted by Crippen LogP contribution is 2.16. The molecule has 0 atom stereocenters. The van der Waals surface area contributed by atoms with E-state index in [0.717, 1.165) is 18.2 Å². The van der Waals surface area contributed by atoms with Gasteiger partial charge in [0.25, 0.3) is 5.56 Å². The van der Waals surface area contributed by atoms with Crippen molar-refractivity contribution in [3.05, 3.63) is 82.2 Å². The number of carbonyl (C=O) groups is 1. The number of halogens is 1. The quantitative estimate of drug-likeness (QED) is 0.639. The lowest BCUT2D eigenvalue weighted by molar-refractivity contribution is -0.113. The van der Waals surface area contributed by atoms with Crippen molar-refractivity contribution >= 4 is 23.4 Å². The van der Waals surface area contributed by atoms with E-state index in [1.54, 1.807) is 19.1 Å². The van der Waals surface area contributed by atoms with Crippen molar-refractivity contribution < 1.29 is 9.18 Å². The van der Waals surface area contributed by atoms with Gasteiger partial charge in [0.2, 0.25) is 5.91 Å². The van der Waals surface area contributed by atoms with Crippen molar-refractivity contribution in [2.75, 3.05) is 11.1 Å². The van der Waals surface area contributed by atoms with Gasteiger partial charge in [-0.05, 0) is 48.7 Å². The molecule has 144 valence electrons. The molecule has 3 aromatic rings. The van der Waals surface area contributed by atoms with Gasteiger partial charge < -0.3 is 5.32 Å². The largest absolute Gasteiger partial charge is 0.325 e. The lowest BCUT2D eigenvalue weighted by Gasteiger charge is -2.09. The number of anilines is 1. The first-order valence-corrected chi connectivity index (χ1v) is 9.82. The Bertz CT molecular complexity index is 1050. The van der Waals surface area contributed by atoms with Crippen molar-refractivity contribution in [2.24, 2.45) is 0 Å². The minimum absolute atomic E-state index is 0.0457. The molecule has 7 heteroatoms. The highest BCUT2D eigenvalue weighted by molar-refractivity contribution is 7.99. The number of amides is 1. The van der Waals surface area contributed by atoms with E-state index in [1.165, 1.54) is 28.6 Å². The summed E-state index contributed by atoms with van der Waals surface area (Å²) in [6.45, 7) is 3.72. The molecule has 0 aliphatic heterocycles. The highest BCUT2D eigenvalue weighted by Gasteiger charge is 2.11. The number of hydrogen-bond donors (Lipinski definition) is 1. The number of rotatable bonds is 6. The molecule has 3 rings (SSSR count). The van der Waals surface area contributed by atoms with Gasteiger partial charge >= 0.3 is 0 Å². The van der Waals surface area contributed by atoms with Gasteiger partial charge in [0.15, 0.2) is 5.03 Å². The minimum Gasteiger partial charge on any atom is -0.325 e. The Kier molecular flexibility index (Phi) is 6.26. The number of hydrogen-bond acceptors (Lipinski definition) is 4. The SMILES string of the molecule is CCc1ccc(NC(=O)CSc2nccn(-c3ccc(C)c(F)c3)c2=O)cc1. The van der Waals surface area contributed by atoms with Gasteiger partial charge in [-0.1, -0.05) is 36.9 Å². The Morgan fingerprint density at radius 3 is 2.64 bits per heavy atom. The zero-order chi connectivity index (χ0) is 20.1. The molecule has 0 radical (unpaired) electrons. The van der Waals surface area contributed by atoms with Gasteiger partial charge in [-0.25, -0.2) is 9.37 Å². The van der Waals surface area contributed by atoms with E-state index in [2.05, 4.69) is 17.2 Å². The van der Waals surface area contributed by atoms with E-state index in [4.69, 9.17) is 0 Å². The van der Waals surface area contributed by atoms with E-state index in [-0.39, 0.29) is 22.5 Å². The summed E-state index contributed by atoms with van der Waals surface area (Å²) in [6, 6.07) is 12.2. The van der Waals surface area contributed by atoms with Crippen molar-refractivity contribution in [3.63, 3.8) is 0 Å². The van der Waals surface area contributed by atoms with Gasteiger partial charge in [-0.3, -0.25) is 14.2 Å². The second-order valence-corrected chi connectivity index (χ2v) is 7.19. The van der Waals surface area contributed by atoms with Crippen molar-refractivity contribution in [1.82, 2.24) is 9.55 Å². The first-order valence-electron chi connectivity index (χ1n) is 8.83. The van der Waals surface area contributed by atoms with Crippen LogP contribution in [0.4, 0.5) is 10.1 Å². The lowest BCUT2D eigenvalue weighted by Crippen LogP contribution is -2.22. The predicted octanol–water partition coefficient (Wildman–Crippen LogP) is 3.97. The molecule has 1 aromatic heterocycles.